The van der Waals surface area contributed by atoms with E-state index in [1.54, 1.807) is 30.2 Å². The van der Waals surface area contributed by atoms with Gasteiger partial charge in [-0.2, -0.15) is 4.98 Å². The second kappa shape index (κ2) is 10.6. The third-order valence-electron chi connectivity index (χ3n) is 6.01. The quantitative estimate of drug-likeness (QED) is 0.267. The highest BCUT2D eigenvalue weighted by Gasteiger charge is 2.26. The molecule has 1 fully saturated rings. The van der Waals surface area contributed by atoms with Gasteiger partial charge in [0.15, 0.2) is 11.0 Å². The van der Waals surface area contributed by atoms with E-state index in [-0.39, 0.29) is 5.25 Å². The van der Waals surface area contributed by atoms with Gasteiger partial charge in [0.2, 0.25) is 11.7 Å². The van der Waals surface area contributed by atoms with E-state index in [2.05, 4.69) is 37.1 Å². The smallest absolute Gasteiger partial charge is 0.240 e. The van der Waals surface area contributed by atoms with Crippen LogP contribution in [-0.4, -0.2) is 32.0 Å². The average molecular weight is 497 g/mol. The summed E-state index contributed by atoms with van der Waals surface area (Å²) in [5, 5.41) is 19.7. The molecule has 1 unspecified atom stereocenters. The molecule has 34 heavy (non-hydrogen) atoms. The summed E-state index contributed by atoms with van der Waals surface area (Å²) in [5.41, 5.74) is 0.993. The number of hydrogen-bond acceptors (Lipinski definition) is 9. The van der Waals surface area contributed by atoms with E-state index in [1.807, 2.05) is 41.8 Å². The molecule has 10 heteroatoms. The molecule has 1 atom stereocenters. The highest BCUT2D eigenvalue weighted by molar-refractivity contribution is 7.99. The van der Waals surface area contributed by atoms with Crippen molar-refractivity contribution in [3.63, 3.8) is 0 Å². The number of thiophene rings is 1. The summed E-state index contributed by atoms with van der Waals surface area (Å²) in [6, 6.07) is 12.3. The van der Waals surface area contributed by atoms with Gasteiger partial charge in [-0.25, -0.2) is 0 Å². The zero-order valence-electron chi connectivity index (χ0n) is 19.3. The molecule has 0 amide bonds. The van der Waals surface area contributed by atoms with Crippen LogP contribution in [0.2, 0.25) is 0 Å². The van der Waals surface area contributed by atoms with Gasteiger partial charge in [-0.05, 0) is 43.3 Å². The van der Waals surface area contributed by atoms with E-state index in [0.29, 0.717) is 24.3 Å². The van der Waals surface area contributed by atoms with Gasteiger partial charge >= 0.3 is 0 Å². The molecule has 0 bridgehead atoms. The predicted octanol–water partition coefficient (Wildman–Crippen LogP) is 6.37. The van der Waals surface area contributed by atoms with Crippen LogP contribution in [0.15, 0.2) is 51.5 Å². The van der Waals surface area contributed by atoms with Gasteiger partial charge in [0.1, 0.15) is 5.75 Å². The first-order chi connectivity index (χ1) is 16.7. The summed E-state index contributed by atoms with van der Waals surface area (Å²) in [5.74, 6) is 3.00. The normalized spacial score (nSPS) is 15.4. The van der Waals surface area contributed by atoms with Crippen LogP contribution in [0.4, 0.5) is 5.69 Å². The third kappa shape index (κ3) is 5.12. The van der Waals surface area contributed by atoms with Gasteiger partial charge in [-0.3, -0.25) is 0 Å². The van der Waals surface area contributed by atoms with Crippen LogP contribution in [0.5, 0.6) is 5.75 Å². The van der Waals surface area contributed by atoms with Gasteiger partial charge in [-0.15, -0.1) is 21.5 Å². The number of nitrogens with one attached hydrogen (secondary N) is 1. The molecule has 3 aromatic heterocycles. The maximum atomic E-state index is 5.58. The zero-order chi connectivity index (χ0) is 23.3. The van der Waals surface area contributed by atoms with Crippen molar-refractivity contribution in [2.24, 2.45) is 0 Å². The van der Waals surface area contributed by atoms with E-state index in [1.165, 1.54) is 19.3 Å². The van der Waals surface area contributed by atoms with Crippen LogP contribution >= 0.6 is 23.1 Å². The van der Waals surface area contributed by atoms with Gasteiger partial charge in [-0.1, -0.05) is 48.3 Å². The fourth-order valence-electron chi connectivity index (χ4n) is 4.24. The van der Waals surface area contributed by atoms with Crippen molar-refractivity contribution in [3.05, 3.63) is 53.5 Å². The Morgan fingerprint density at radius 3 is 2.88 bits per heavy atom. The molecule has 1 N–H and O–H groups in total. The average Bonchev–Trinajstić information content (AvgIpc) is 3.64. The number of aromatic nitrogens is 5. The molecule has 1 aliphatic rings. The molecule has 8 nitrogen and oxygen atoms in total. The Labute approximate surface area is 207 Å². The Hall–Kier alpha value is -2.85. The summed E-state index contributed by atoms with van der Waals surface area (Å²) in [6.45, 7) is 2.67. The van der Waals surface area contributed by atoms with Crippen molar-refractivity contribution in [2.75, 3.05) is 12.4 Å². The lowest BCUT2D eigenvalue weighted by Gasteiger charge is -2.26. The van der Waals surface area contributed by atoms with Crippen molar-refractivity contribution >= 4 is 28.8 Å². The Morgan fingerprint density at radius 1 is 1.21 bits per heavy atom. The number of rotatable bonds is 9. The molecule has 4 aromatic rings. The molecule has 1 aromatic carbocycles. The first kappa shape index (κ1) is 22.9. The Bertz CT molecular complexity index is 1200. The Balaban J connectivity index is 1.35. The maximum absolute atomic E-state index is 5.58. The highest BCUT2D eigenvalue weighted by atomic mass is 32.2. The fourth-order valence-corrected chi connectivity index (χ4v) is 5.86. The van der Waals surface area contributed by atoms with Crippen LogP contribution in [-0.2, 0) is 6.54 Å². The molecule has 178 valence electrons. The SMILES string of the molecule is COc1cccc(NCc2nnc(SC(C)c3nc(-c4cccs4)no3)n2C2CCCCC2)c1. The molecular formula is C24H28N6O2S2. The molecule has 1 saturated carbocycles. The van der Waals surface area contributed by atoms with Gasteiger partial charge in [0.25, 0.3) is 0 Å². The maximum Gasteiger partial charge on any atom is 0.240 e. The molecule has 0 radical (unpaired) electrons. The minimum Gasteiger partial charge on any atom is -0.497 e. The summed E-state index contributed by atoms with van der Waals surface area (Å²) in [7, 11) is 1.68. The topological polar surface area (TPSA) is 90.9 Å². The summed E-state index contributed by atoms with van der Waals surface area (Å²) >= 11 is 3.23. The second-order valence-electron chi connectivity index (χ2n) is 8.34. The van der Waals surface area contributed by atoms with Crippen LogP contribution in [0.25, 0.3) is 10.7 Å². The number of ether oxygens (including phenoxy) is 1. The predicted molar refractivity (Wildman–Crippen MR) is 134 cm³/mol. The van der Waals surface area contributed by atoms with Crippen molar-refractivity contribution in [1.29, 1.82) is 0 Å². The Morgan fingerprint density at radius 2 is 2.09 bits per heavy atom. The number of hydrogen-bond donors (Lipinski definition) is 1. The summed E-state index contributed by atoms with van der Waals surface area (Å²) in [6.07, 6.45) is 6.06. The zero-order valence-corrected chi connectivity index (χ0v) is 20.9. The third-order valence-corrected chi connectivity index (χ3v) is 7.92. The lowest BCUT2D eigenvalue weighted by atomic mass is 9.95. The molecule has 5 rings (SSSR count). The number of anilines is 1. The van der Waals surface area contributed by atoms with Crippen LogP contribution < -0.4 is 10.1 Å². The molecule has 0 spiro atoms. The summed E-state index contributed by atoms with van der Waals surface area (Å²) in [4.78, 5) is 5.62. The van der Waals surface area contributed by atoms with Crippen molar-refractivity contribution in [3.8, 4) is 16.5 Å². The van der Waals surface area contributed by atoms with Crippen LogP contribution in [0.1, 0.15) is 62.0 Å². The standard InChI is InChI=1S/C24H28N6O2S2/c1-16(23-26-22(29-32-23)20-12-7-13-33-20)34-24-28-27-21(30(24)18-9-4-3-5-10-18)15-25-17-8-6-11-19(14-17)31-2/h6-8,11-14,16,18,25H,3-5,9-10,15H2,1-2H3. The first-order valence-electron chi connectivity index (χ1n) is 11.6. The minimum atomic E-state index is -0.0352. The van der Waals surface area contributed by atoms with Gasteiger partial charge < -0.3 is 19.1 Å². The van der Waals surface area contributed by atoms with E-state index in [0.717, 1.165) is 40.1 Å². The van der Waals surface area contributed by atoms with Crippen molar-refractivity contribution in [1.82, 2.24) is 24.9 Å². The lowest BCUT2D eigenvalue weighted by molar-refractivity contribution is 0.329. The summed E-state index contributed by atoms with van der Waals surface area (Å²) < 4.78 is 13.3. The van der Waals surface area contributed by atoms with E-state index in [4.69, 9.17) is 9.26 Å². The number of benzene rings is 1. The monoisotopic (exact) mass is 496 g/mol. The Kier molecular flexibility index (Phi) is 7.15. The second-order valence-corrected chi connectivity index (χ2v) is 10.6. The van der Waals surface area contributed by atoms with Gasteiger partial charge in [0, 0.05) is 17.8 Å². The molecule has 3 heterocycles. The van der Waals surface area contributed by atoms with Crippen molar-refractivity contribution < 1.29 is 9.26 Å². The highest BCUT2D eigenvalue weighted by Crippen LogP contribution is 2.38. The van der Waals surface area contributed by atoms with Crippen LogP contribution in [0, 0.1) is 0 Å². The van der Waals surface area contributed by atoms with Crippen molar-refractivity contribution in [2.45, 2.75) is 62.0 Å². The number of methoxy groups -OCH3 is 1. The van der Waals surface area contributed by atoms with E-state index >= 15 is 0 Å². The van der Waals surface area contributed by atoms with E-state index < -0.39 is 0 Å². The van der Waals surface area contributed by atoms with Crippen LogP contribution in [0.3, 0.4) is 0 Å². The first-order valence-corrected chi connectivity index (χ1v) is 13.3. The number of nitrogens with zero attached hydrogens (tertiary/aromatic N) is 5. The minimum absolute atomic E-state index is 0.0352. The fraction of sp³-hybridized carbons (Fsp3) is 0.417. The molecule has 0 saturated heterocycles. The molecular weight excluding hydrogens is 468 g/mol. The lowest BCUT2D eigenvalue weighted by Crippen LogP contribution is -2.18. The number of thioether (sulfide) groups is 1. The van der Waals surface area contributed by atoms with E-state index in [9.17, 15) is 0 Å². The molecule has 0 aliphatic heterocycles. The van der Waals surface area contributed by atoms with Gasteiger partial charge in [0.05, 0.1) is 23.8 Å². The largest absolute Gasteiger partial charge is 0.497 e. The molecule has 1 aliphatic carbocycles.